The highest BCUT2D eigenvalue weighted by atomic mass is 32.2. The molecule has 10 nitrogen and oxygen atoms in total. The molecule has 0 amide bonds. The Bertz CT molecular complexity index is 1230. The van der Waals surface area contributed by atoms with Crippen LogP contribution < -0.4 is 17.0 Å². The number of tetrazole rings is 1. The summed E-state index contributed by atoms with van der Waals surface area (Å²) >= 11 is 1.10. The molecule has 11 heteroatoms. The van der Waals surface area contributed by atoms with E-state index in [0.717, 1.165) is 37.7 Å². The second-order valence-corrected chi connectivity index (χ2v) is 8.04. The highest BCUT2D eigenvalue weighted by Gasteiger charge is 2.27. The molecule has 0 saturated heterocycles. The summed E-state index contributed by atoms with van der Waals surface area (Å²) in [5, 5.41) is 11.4. The van der Waals surface area contributed by atoms with Crippen molar-refractivity contribution in [2.24, 2.45) is 14.1 Å². The van der Waals surface area contributed by atoms with Crippen LogP contribution >= 0.6 is 11.8 Å². The summed E-state index contributed by atoms with van der Waals surface area (Å²) in [4.78, 5) is 37.4. The number of nitrogens with zero attached hydrogens (tertiary/aromatic N) is 6. The van der Waals surface area contributed by atoms with Gasteiger partial charge in [0.1, 0.15) is 11.4 Å². The van der Waals surface area contributed by atoms with Gasteiger partial charge in [-0.25, -0.2) is 4.79 Å². The third-order valence-electron chi connectivity index (χ3n) is 4.78. The number of aromatic nitrogens is 6. The smallest absolute Gasteiger partial charge is 0.332 e. The standard InChI is InChI=1S/C18H21N7O3S/c1-9-6-7-12(8-10(9)2)25-17(20-21-22-25)29-11(3)14(26)13-15(19)23(4)18(28)24(5)16(13)27/h6-8,11H,19H2,1-5H3. The zero-order valence-electron chi connectivity index (χ0n) is 16.7. The predicted octanol–water partition coefficient (Wildman–Crippen LogP) is 0.622. The van der Waals surface area contributed by atoms with Crippen molar-refractivity contribution in [2.45, 2.75) is 31.2 Å². The van der Waals surface area contributed by atoms with E-state index < -0.39 is 22.3 Å². The van der Waals surface area contributed by atoms with Crippen LogP contribution in [0.5, 0.6) is 0 Å². The van der Waals surface area contributed by atoms with Gasteiger partial charge in [-0.1, -0.05) is 17.8 Å². The van der Waals surface area contributed by atoms with Gasteiger partial charge in [0.2, 0.25) is 5.16 Å². The monoisotopic (exact) mass is 415 g/mol. The summed E-state index contributed by atoms with van der Waals surface area (Å²) in [6.07, 6.45) is 0. The van der Waals surface area contributed by atoms with Crippen molar-refractivity contribution in [1.29, 1.82) is 0 Å². The van der Waals surface area contributed by atoms with Gasteiger partial charge in [0.15, 0.2) is 5.78 Å². The number of thioether (sulfide) groups is 1. The first-order valence-corrected chi connectivity index (χ1v) is 9.63. The molecule has 0 bridgehead atoms. The molecule has 0 radical (unpaired) electrons. The van der Waals surface area contributed by atoms with Gasteiger partial charge >= 0.3 is 5.69 Å². The molecule has 29 heavy (non-hydrogen) atoms. The number of Topliss-reactive ketones (excluding diaryl/α,β-unsaturated/α-hetero) is 1. The second-order valence-electron chi connectivity index (χ2n) is 6.73. The van der Waals surface area contributed by atoms with Crippen LogP contribution in [0.25, 0.3) is 5.69 Å². The van der Waals surface area contributed by atoms with Gasteiger partial charge in [-0.05, 0) is 54.5 Å². The third-order valence-corrected chi connectivity index (χ3v) is 5.82. The van der Waals surface area contributed by atoms with Gasteiger partial charge in [-0.2, -0.15) is 4.68 Å². The van der Waals surface area contributed by atoms with E-state index in [0.29, 0.717) is 5.16 Å². The lowest BCUT2D eigenvalue weighted by molar-refractivity contribution is 0.0992. The molecule has 0 saturated carbocycles. The van der Waals surface area contributed by atoms with Crippen LogP contribution in [0.4, 0.5) is 5.82 Å². The summed E-state index contributed by atoms with van der Waals surface area (Å²) < 4.78 is 3.47. The SMILES string of the molecule is Cc1ccc(-n2nnnc2SC(C)C(=O)c2c(N)n(C)c(=O)n(C)c2=O)cc1C. The van der Waals surface area contributed by atoms with Crippen molar-refractivity contribution in [3.63, 3.8) is 0 Å². The lowest BCUT2D eigenvalue weighted by Crippen LogP contribution is -2.42. The first-order valence-electron chi connectivity index (χ1n) is 8.75. The molecule has 0 spiro atoms. The fraction of sp³-hybridized carbons (Fsp3) is 0.333. The van der Waals surface area contributed by atoms with Crippen molar-refractivity contribution in [3.8, 4) is 5.69 Å². The quantitative estimate of drug-likeness (QED) is 0.474. The molecule has 3 rings (SSSR count). The number of anilines is 1. The first-order chi connectivity index (χ1) is 13.6. The molecule has 2 aromatic heterocycles. The van der Waals surface area contributed by atoms with Crippen LogP contribution in [0.2, 0.25) is 0 Å². The summed E-state index contributed by atoms with van der Waals surface area (Å²) in [5.41, 5.74) is 7.33. The van der Waals surface area contributed by atoms with Crippen molar-refractivity contribution in [2.75, 3.05) is 5.73 Å². The average Bonchev–Trinajstić information content (AvgIpc) is 3.15. The minimum atomic E-state index is -0.725. The minimum Gasteiger partial charge on any atom is -0.384 e. The Labute approximate surface area is 170 Å². The Morgan fingerprint density at radius 1 is 1.14 bits per heavy atom. The maximum Gasteiger partial charge on any atom is 0.332 e. The number of carbonyl (C=O) groups excluding carboxylic acids is 1. The number of benzene rings is 1. The highest BCUT2D eigenvalue weighted by Crippen LogP contribution is 2.26. The van der Waals surface area contributed by atoms with E-state index in [-0.39, 0.29) is 11.4 Å². The van der Waals surface area contributed by atoms with E-state index in [4.69, 9.17) is 5.73 Å². The van der Waals surface area contributed by atoms with Crippen LogP contribution in [-0.2, 0) is 14.1 Å². The van der Waals surface area contributed by atoms with Crippen molar-refractivity contribution >= 4 is 23.4 Å². The summed E-state index contributed by atoms with van der Waals surface area (Å²) in [6, 6.07) is 5.79. The fourth-order valence-corrected chi connectivity index (χ4v) is 3.64. The largest absolute Gasteiger partial charge is 0.384 e. The van der Waals surface area contributed by atoms with Gasteiger partial charge in [0.25, 0.3) is 5.56 Å². The van der Waals surface area contributed by atoms with Gasteiger partial charge in [-0.15, -0.1) is 5.10 Å². The predicted molar refractivity (Wildman–Crippen MR) is 110 cm³/mol. The molecule has 1 atom stereocenters. The molecule has 0 aliphatic carbocycles. The van der Waals surface area contributed by atoms with E-state index in [1.807, 2.05) is 32.0 Å². The van der Waals surface area contributed by atoms with Gasteiger partial charge < -0.3 is 5.73 Å². The highest BCUT2D eigenvalue weighted by molar-refractivity contribution is 8.00. The van der Waals surface area contributed by atoms with Gasteiger partial charge in [0, 0.05) is 14.1 Å². The van der Waals surface area contributed by atoms with E-state index in [1.165, 1.54) is 18.8 Å². The van der Waals surface area contributed by atoms with Gasteiger partial charge in [0.05, 0.1) is 10.9 Å². The van der Waals surface area contributed by atoms with Crippen LogP contribution in [0.3, 0.4) is 0 Å². The second kappa shape index (κ2) is 7.66. The number of carbonyl (C=O) groups is 1. The van der Waals surface area contributed by atoms with Crippen molar-refractivity contribution < 1.29 is 4.79 Å². The van der Waals surface area contributed by atoms with Crippen LogP contribution in [0.1, 0.15) is 28.4 Å². The summed E-state index contributed by atoms with van der Waals surface area (Å²) in [5.74, 6) is -0.664. The zero-order valence-corrected chi connectivity index (χ0v) is 17.5. The molecule has 2 heterocycles. The third kappa shape index (κ3) is 3.60. The summed E-state index contributed by atoms with van der Waals surface area (Å²) in [6.45, 7) is 5.63. The fourth-order valence-electron chi connectivity index (χ4n) is 2.78. The van der Waals surface area contributed by atoms with E-state index >= 15 is 0 Å². The Morgan fingerprint density at radius 2 is 1.83 bits per heavy atom. The molecule has 2 N–H and O–H groups in total. The van der Waals surface area contributed by atoms with Gasteiger partial charge in [-0.3, -0.25) is 18.7 Å². The molecule has 152 valence electrons. The Kier molecular flexibility index (Phi) is 5.42. The number of nitrogen functional groups attached to an aromatic ring is 1. The molecule has 0 aliphatic rings. The number of rotatable bonds is 5. The Balaban J connectivity index is 1.95. The Morgan fingerprint density at radius 3 is 2.48 bits per heavy atom. The number of hydrogen-bond acceptors (Lipinski definition) is 8. The molecular weight excluding hydrogens is 394 g/mol. The van der Waals surface area contributed by atoms with E-state index in [9.17, 15) is 14.4 Å². The molecule has 1 aromatic carbocycles. The lowest BCUT2D eigenvalue weighted by Gasteiger charge is -2.14. The van der Waals surface area contributed by atoms with E-state index in [2.05, 4.69) is 15.5 Å². The van der Waals surface area contributed by atoms with Crippen LogP contribution in [-0.4, -0.2) is 40.4 Å². The first kappa shape index (κ1) is 20.5. The number of nitrogens with two attached hydrogens (primary N) is 1. The van der Waals surface area contributed by atoms with Crippen LogP contribution in [0.15, 0.2) is 32.9 Å². The summed E-state index contributed by atoms with van der Waals surface area (Å²) in [7, 11) is 2.71. The minimum absolute atomic E-state index is 0.163. The number of hydrogen-bond donors (Lipinski definition) is 1. The maximum absolute atomic E-state index is 13.0. The molecule has 3 aromatic rings. The van der Waals surface area contributed by atoms with Crippen molar-refractivity contribution in [3.05, 3.63) is 55.7 Å². The van der Waals surface area contributed by atoms with E-state index in [1.54, 1.807) is 6.92 Å². The molecule has 0 aliphatic heterocycles. The molecule has 1 unspecified atom stereocenters. The lowest BCUT2D eigenvalue weighted by atomic mass is 10.1. The van der Waals surface area contributed by atoms with Crippen molar-refractivity contribution in [1.82, 2.24) is 29.3 Å². The Hall–Kier alpha value is -3.21. The normalized spacial score (nSPS) is 12.2. The van der Waals surface area contributed by atoms with Crippen LogP contribution in [0, 0.1) is 13.8 Å². The molecular formula is C18H21N7O3S. The average molecular weight is 415 g/mol. The number of ketones is 1. The zero-order chi connectivity index (χ0) is 21.5. The molecule has 0 fully saturated rings. The number of aryl methyl sites for hydroxylation is 2. The topological polar surface area (TPSA) is 131 Å². The maximum atomic E-state index is 13.0.